The van der Waals surface area contributed by atoms with Gasteiger partial charge in [0, 0.05) is 12.8 Å². The smallest absolute Gasteiger partial charge is 0.169 e. The number of benzene rings is 2. The Hall–Kier alpha value is -1.68. The van der Waals surface area contributed by atoms with Gasteiger partial charge in [0.2, 0.25) is 0 Å². The van der Waals surface area contributed by atoms with Crippen LogP contribution in [0.4, 0.5) is 0 Å². The van der Waals surface area contributed by atoms with E-state index in [0.717, 1.165) is 36.8 Å². The van der Waals surface area contributed by atoms with Gasteiger partial charge in [-0.25, -0.2) is 0 Å². The number of aliphatic hydroxyl groups is 1. The van der Waals surface area contributed by atoms with Gasteiger partial charge in [0.1, 0.15) is 11.7 Å². The Bertz CT molecular complexity index is 608. The van der Waals surface area contributed by atoms with Crippen molar-refractivity contribution in [2.24, 2.45) is 0 Å². The molecule has 1 saturated carbocycles. The van der Waals surface area contributed by atoms with Crippen molar-refractivity contribution in [2.75, 3.05) is 6.61 Å². The molecule has 1 heterocycles. The van der Waals surface area contributed by atoms with E-state index < -0.39 is 17.5 Å². The molecule has 0 aromatic heterocycles. The molecule has 23 heavy (non-hydrogen) atoms. The molecule has 2 fully saturated rings. The SMILES string of the molecule is OC(c1ccccc1)(c1ccccc1)C1COC2(CCCC2)O1. The molecule has 120 valence electrons. The molecule has 1 spiro atoms. The van der Waals surface area contributed by atoms with Crippen LogP contribution in [0.3, 0.4) is 0 Å². The van der Waals surface area contributed by atoms with Gasteiger partial charge in [-0.05, 0) is 24.0 Å². The number of hydrogen-bond acceptors (Lipinski definition) is 3. The second-order valence-corrected chi connectivity index (χ2v) is 6.53. The average Bonchev–Trinajstić information content (AvgIpc) is 3.26. The zero-order valence-electron chi connectivity index (χ0n) is 13.2. The highest BCUT2D eigenvalue weighted by molar-refractivity contribution is 5.38. The van der Waals surface area contributed by atoms with Crippen LogP contribution in [-0.2, 0) is 15.1 Å². The molecule has 2 aromatic rings. The minimum atomic E-state index is -1.20. The van der Waals surface area contributed by atoms with Crippen LogP contribution in [0.1, 0.15) is 36.8 Å². The summed E-state index contributed by atoms with van der Waals surface area (Å²) in [6, 6.07) is 19.5. The fourth-order valence-electron chi connectivity index (χ4n) is 3.86. The van der Waals surface area contributed by atoms with E-state index in [4.69, 9.17) is 9.47 Å². The maximum absolute atomic E-state index is 11.7. The second-order valence-electron chi connectivity index (χ2n) is 6.53. The van der Waals surface area contributed by atoms with Gasteiger partial charge in [-0.3, -0.25) is 0 Å². The van der Waals surface area contributed by atoms with E-state index in [2.05, 4.69) is 0 Å². The maximum atomic E-state index is 11.7. The van der Waals surface area contributed by atoms with Crippen LogP contribution in [0.25, 0.3) is 0 Å². The van der Waals surface area contributed by atoms with Crippen molar-refractivity contribution in [1.29, 1.82) is 0 Å². The standard InChI is InChI=1S/C20H22O3/c21-20(16-9-3-1-4-10-16,17-11-5-2-6-12-17)18-15-22-19(23-18)13-7-8-14-19/h1-6,9-12,18,21H,7-8,13-15H2. The molecule has 4 rings (SSSR count). The van der Waals surface area contributed by atoms with Gasteiger partial charge in [-0.2, -0.15) is 0 Å². The molecular formula is C20H22O3. The van der Waals surface area contributed by atoms with Gasteiger partial charge in [-0.1, -0.05) is 60.7 Å². The van der Waals surface area contributed by atoms with Crippen molar-refractivity contribution >= 4 is 0 Å². The van der Waals surface area contributed by atoms with E-state index in [0.29, 0.717) is 6.61 Å². The molecule has 1 unspecified atom stereocenters. The summed E-state index contributed by atoms with van der Waals surface area (Å²) in [7, 11) is 0. The Labute approximate surface area is 136 Å². The van der Waals surface area contributed by atoms with Crippen molar-refractivity contribution in [3.63, 3.8) is 0 Å². The van der Waals surface area contributed by atoms with Gasteiger partial charge in [-0.15, -0.1) is 0 Å². The molecule has 1 saturated heterocycles. The molecule has 1 aliphatic carbocycles. The predicted molar refractivity (Wildman–Crippen MR) is 87.9 cm³/mol. The van der Waals surface area contributed by atoms with Gasteiger partial charge < -0.3 is 14.6 Å². The minimum Gasteiger partial charge on any atom is -0.378 e. The largest absolute Gasteiger partial charge is 0.378 e. The first kappa shape index (κ1) is 14.9. The summed E-state index contributed by atoms with van der Waals surface area (Å²) in [5, 5.41) is 11.7. The van der Waals surface area contributed by atoms with Gasteiger partial charge >= 0.3 is 0 Å². The van der Waals surface area contributed by atoms with Crippen LogP contribution >= 0.6 is 0 Å². The Morgan fingerprint density at radius 1 is 0.870 bits per heavy atom. The van der Waals surface area contributed by atoms with Crippen LogP contribution < -0.4 is 0 Å². The zero-order chi connectivity index (χ0) is 15.8. The van der Waals surface area contributed by atoms with Crippen molar-refractivity contribution in [3.05, 3.63) is 71.8 Å². The monoisotopic (exact) mass is 310 g/mol. The highest BCUT2D eigenvalue weighted by Gasteiger charge is 2.52. The minimum absolute atomic E-state index is 0.398. The quantitative estimate of drug-likeness (QED) is 0.941. The van der Waals surface area contributed by atoms with Crippen LogP contribution in [0, 0.1) is 0 Å². The summed E-state index contributed by atoms with van der Waals surface area (Å²) < 4.78 is 12.3. The lowest BCUT2D eigenvalue weighted by molar-refractivity contribution is -0.183. The summed E-state index contributed by atoms with van der Waals surface area (Å²) in [6.45, 7) is 0.417. The molecule has 2 aliphatic rings. The maximum Gasteiger partial charge on any atom is 0.169 e. The lowest BCUT2D eigenvalue weighted by atomic mass is 9.82. The normalized spacial score (nSPS) is 23.4. The predicted octanol–water partition coefficient (Wildman–Crippen LogP) is 3.61. The van der Waals surface area contributed by atoms with Crippen LogP contribution in [0.15, 0.2) is 60.7 Å². The zero-order valence-corrected chi connectivity index (χ0v) is 13.2. The Morgan fingerprint density at radius 2 is 1.39 bits per heavy atom. The van der Waals surface area contributed by atoms with Gasteiger partial charge in [0.25, 0.3) is 0 Å². The molecule has 3 heteroatoms. The second kappa shape index (κ2) is 5.75. The first-order valence-corrected chi connectivity index (χ1v) is 8.38. The lowest BCUT2D eigenvalue weighted by Gasteiger charge is -2.35. The molecule has 1 atom stereocenters. The third-order valence-corrected chi connectivity index (χ3v) is 5.11. The number of ether oxygens (including phenoxy) is 2. The third-order valence-electron chi connectivity index (χ3n) is 5.11. The fraction of sp³-hybridized carbons (Fsp3) is 0.400. The Balaban J connectivity index is 1.75. The number of hydrogen-bond donors (Lipinski definition) is 1. The number of rotatable bonds is 3. The van der Waals surface area contributed by atoms with E-state index >= 15 is 0 Å². The molecule has 1 aliphatic heterocycles. The first-order chi connectivity index (χ1) is 11.2. The van der Waals surface area contributed by atoms with Crippen LogP contribution in [-0.4, -0.2) is 23.6 Å². The van der Waals surface area contributed by atoms with E-state index in [1.807, 2.05) is 60.7 Å². The van der Waals surface area contributed by atoms with E-state index in [1.165, 1.54) is 0 Å². The van der Waals surface area contributed by atoms with E-state index in [9.17, 15) is 5.11 Å². The Morgan fingerprint density at radius 3 is 1.91 bits per heavy atom. The molecule has 2 aromatic carbocycles. The topological polar surface area (TPSA) is 38.7 Å². The Kier molecular flexibility index (Phi) is 3.72. The summed E-state index contributed by atoms with van der Waals surface area (Å²) in [5.74, 6) is -0.484. The van der Waals surface area contributed by atoms with Crippen LogP contribution in [0.5, 0.6) is 0 Å². The molecule has 0 bridgehead atoms. The summed E-state index contributed by atoms with van der Waals surface area (Å²) in [4.78, 5) is 0. The average molecular weight is 310 g/mol. The highest BCUT2D eigenvalue weighted by atomic mass is 16.7. The molecule has 0 amide bonds. The van der Waals surface area contributed by atoms with Crippen molar-refractivity contribution in [3.8, 4) is 0 Å². The van der Waals surface area contributed by atoms with E-state index in [-0.39, 0.29) is 0 Å². The van der Waals surface area contributed by atoms with Gasteiger partial charge in [0.15, 0.2) is 5.79 Å². The third kappa shape index (κ3) is 2.49. The van der Waals surface area contributed by atoms with Crippen LogP contribution in [0.2, 0.25) is 0 Å². The summed E-state index contributed by atoms with van der Waals surface area (Å²) >= 11 is 0. The van der Waals surface area contributed by atoms with Gasteiger partial charge in [0.05, 0.1) is 6.61 Å². The van der Waals surface area contributed by atoms with E-state index in [1.54, 1.807) is 0 Å². The molecule has 0 radical (unpaired) electrons. The fourth-order valence-corrected chi connectivity index (χ4v) is 3.86. The molecular weight excluding hydrogens is 288 g/mol. The molecule has 3 nitrogen and oxygen atoms in total. The van der Waals surface area contributed by atoms with Crippen molar-refractivity contribution < 1.29 is 14.6 Å². The van der Waals surface area contributed by atoms with Crippen molar-refractivity contribution in [2.45, 2.75) is 43.2 Å². The molecule has 1 N–H and O–H groups in total. The lowest BCUT2D eigenvalue weighted by Crippen LogP contribution is -2.43. The summed E-state index contributed by atoms with van der Waals surface area (Å²) in [5.41, 5.74) is 0.485. The van der Waals surface area contributed by atoms with Crippen molar-refractivity contribution in [1.82, 2.24) is 0 Å². The first-order valence-electron chi connectivity index (χ1n) is 8.38. The highest BCUT2D eigenvalue weighted by Crippen LogP contribution is 2.45. The summed E-state index contributed by atoms with van der Waals surface area (Å²) in [6.07, 6.45) is 3.70.